The second kappa shape index (κ2) is 5.85. The summed E-state index contributed by atoms with van der Waals surface area (Å²) in [5.41, 5.74) is 1.47. The predicted molar refractivity (Wildman–Crippen MR) is 72.7 cm³/mol. The van der Waals surface area contributed by atoms with Gasteiger partial charge in [0.05, 0.1) is 0 Å². The molecule has 1 amide bonds. The number of aromatic nitrogens is 1. The number of hydrogen-bond acceptors (Lipinski definition) is 3. The molecular weight excluding hydrogens is 226 g/mol. The monoisotopic (exact) mass is 247 g/mol. The van der Waals surface area contributed by atoms with Gasteiger partial charge in [-0.2, -0.15) is 0 Å². The van der Waals surface area contributed by atoms with Gasteiger partial charge in [-0.15, -0.1) is 0 Å². The largest absolute Gasteiger partial charge is 0.382 e. The van der Waals surface area contributed by atoms with Crippen molar-refractivity contribution in [1.82, 2.24) is 10.3 Å². The van der Waals surface area contributed by atoms with Gasteiger partial charge in [0.2, 0.25) is 0 Å². The zero-order valence-corrected chi connectivity index (χ0v) is 11.1. The van der Waals surface area contributed by atoms with E-state index in [-0.39, 0.29) is 11.9 Å². The Morgan fingerprint density at radius 3 is 2.78 bits per heavy atom. The summed E-state index contributed by atoms with van der Waals surface area (Å²) in [7, 11) is 0. The SMILES string of the molecule is CC(C)NC(=O)c1cc(NC2CCCC2)ccn1. The quantitative estimate of drug-likeness (QED) is 0.859. The zero-order valence-electron chi connectivity index (χ0n) is 11.1. The molecule has 18 heavy (non-hydrogen) atoms. The lowest BCUT2D eigenvalue weighted by Gasteiger charge is -2.14. The summed E-state index contributed by atoms with van der Waals surface area (Å²) in [6, 6.07) is 4.43. The van der Waals surface area contributed by atoms with E-state index in [2.05, 4.69) is 15.6 Å². The maximum Gasteiger partial charge on any atom is 0.270 e. The predicted octanol–water partition coefficient (Wildman–Crippen LogP) is 2.57. The number of anilines is 1. The maximum absolute atomic E-state index is 11.8. The Labute approximate surface area is 108 Å². The van der Waals surface area contributed by atoms with E-state index >= 15 is 0 Å². The van der Waals surface area contributed by atoms with Crippen molar-refractivity contribution in [3.63, 3.8) is 0 Å². The first-order chi connectivity index (χ1) is 8.65. The van der Waals surface area contributed by atoms with E-state index in [1.165, 1.54) is 25.7 Å². The fourth-order valence-electron chi connectivity index (χ4n) is 2.29. The number of rotatable bonds is 4. The highest BCUT2D eigenvalue weighted by Gasteiger charge is 2.15. The molecule has 0 unspecified atom stereocenters. The van der Waals surface area contributed by atoms with Crippen LogP contribution < -0.4 is 10.6 Å². The van der Waals surface area contributed by atoms with Gasteiger partial charge in [-0.05, 0) is 38.8 Å². The highest BCUT2D eigenvalue weighted by Crippen LogP contribution is 2.22. The number of amides is 1. The van der Waals surface area contributed by atoms with Gasteiger partial charge < -0.3 is 10.6 Å². The van der Waals surface area contributed by atoms with Crippen molar-refractivity contribution < 1.29 is 4.79 Å². The molecule has 1 heterocycles. The van der Waals surface area contributed by atoms with Crippen LogP contribution in [-0.2, 0) is 0 Å². The molecule has 1 aromatic rings. The minimum Gasteiger partial charge on any atom is -0.382 e. The van der Waals surface area contributed by atoms with Crippen LogP contribution in [0, 0.1) is 0 Å². The molecule has 0 saturated heterocycles. The van der Waals surface area contributed by atoms with Gasteiger partial charge >= 0.3 is 0 Å². The highest BCUT2D eigenvalue weighted by atomic mass is 16.1. The summed E-state index contributed by atoms with van der Waals surface area (Å²) in [5, 5.41) is 6.32. The van der Waals surface area contributed by atoms with Crippen LogP contribution in [-0.4, -0.2) is 23.0 Å². The summed E-state index contributed by atoms with van der Waals surface area (Å²) in [4.78, 5) is 16.0. The fourth-order valence-corrected chi connectivity index (χ4v) is 2.29. The molecule has 0 radical (unpaired) electrons. The molecule has 0 aromatic carbocycles. The molecule has 98 valence electrons. The Hall–Kier alpha value is -1.58. The van der Waals surface area contributed by atoms with Crippen LogP contribution in [0.15, 0.2) is 18.3 Å². The first-order valence-electron chi connectivity index (χ1n) is 6.68. The van der Waals surface area contributed by atoms with E-state index in [9.17, 15) is 4.79 Å². The highest BCUT2D eigenvalue weighted by molar-refractivity contribution is 5.93. The minimum absolute atomic E-state index is 0.111. The molecule has 1 aromatic heterocycles. The average molecular weight is 247 g/mol. The maximum atomic E-state index is 11.8. The minimum atomic E-state index is -0.111. The number of nitrogens with one attached hydrogen (secondary N) is 2. The molecule has 4 nitrogen and oxygen atoms in total. The van der Waals surface area contributed by atoms with Crippen molar-refractivity contribution in [2.45, 2.75) is 51.6 Å². The second-order valence-corrected chi connectivity index (χ2v) is 5.18. The Morgan fingerprint density at radius 2 is 2.11 bits per heavy atom. The van der Waals surface area contributed by atoms with E-state index in [0.29, 0.717) is 11.7 Å². The van der Waals surface area contributed by atoms with Crippen molar-refractivity contribution in [3.05, 3.63) is 24.0 Å². The molecule has 4 heteroatoms. The lowest BCUT2D eigenvalue weighted by Crippen LogP contribution is -2.30. The van der Waals surface area contributed by atoms with Crippen molar-refractivity contribution in [2.75, 3.05) is 5.32 Å². The molecular formula is C14H21N3O. The van der Waals surface area contributed by atoms with Gasteiger partial charge in [-0.1, -0.05) is 12.8 Å². The zero-order chi connectivity index (χ0) is 13.0. The molecule has 1 aliphatic rings. The lowest BCUT2D eigenvalue weighted by atomic mass is 10.2. The van der Waals surface area contributed by atoms with Crippen LogP contribution in [0.3, 0.4) is 0 Å². The first kappa shape index (κ1) is 12.9. The molecule has 0 bridgehead atoms. The summed E-state index contributed by atoms with van der Waals surface area (Å²) < 4.78 is 0. The molecule has 1 fully saturated rings. The fraction of sp³-hybridized carbons (Fsp3) is 0.571. The number of carbonyl (C=O) groups excluding carboxylic acids is 1. The normalized spacial score (nSPS) is 15.9. The standard InChI is InChI=1S/C14H21N3O/c1-10(2)16-14(18)13-9-12(7-8-15-13)17-11-5-3-4-6-11/h7-11H,3-6H2,1-2H3,(H,15,17)(H,16,18). The van der Waals surface area contributed by atoms with E-state index < -0.39 is 0 Å². The third-order valence-corrected chi connectivity index (χ3v) is 3.14. The van der Waals surface area contributed by atoms with Crippen LogP contribution in [0.1, 0.15) is 50.0 Å². The Bertz CT molecular complexity index is 411. The first-order valence-corrected chi connectivity index (χ1v) is 6.68. The third kappa shape index (κ3) is 3.45. The van der Waals surface area contributed by atoms with Crippen molar-refractivity contribution in [1.29, 1.82) is 0 Å². The number of hydrogen-bond donors (Lipinski definition) is 2. The Morgan fingerprint density at radius 1 is 1.39 bits per heavy atom. The molecule has 0 spiro atoms. The molecule has 2 N–H and O–H groups in total. The third-order valence-electron chi connectivity index (χ3n) is 3.14. The Kier molecular flexibility index (Phi) is 4.18. The summed E-state index contributed by atoms with van der Waals surface area (Å²) in [6.07, 6.45) is 6.71. The second-order valence-electron chi connectivity index (χ2n) is 5.18. The van der Waals surface area contributed by atoms with Gasteiger partial charge in [0.15, 0.2) is 0 Å². The van der Waals surface area contributed by atoms with E-state index in [1.807, 2.05) is 26.0 Å². The van der Waals surface area contributed by atoms with Gasteiger partial charge in [0.25, 0.3) is 5.91 Å². The van der Waals surface area contributed by atoms with Crippen molar-refractivity contribution >= 4 is 11.6 Å². The van der Waals surface area contributed by atoms with E-state index in [1.54, 1.807) is 6.20 Å². The number of carbonyl (C=O) groups is 1. The molecule has 0 aliphatic heterocycles. The molecule has 0 atom stereocenters. The van der Waals surface area contributed by atoms with E-state index in [0.717, 1.165) is 5.69 Å². The smallest absolute Gasteiger partial charge is 0.270 e. The molecule has 1 aliphatic carbocycles. The molecule has 1 saturated carbocycles. The van der Waals surface area contributed by atoms with Crippen LogP contribution in [0.25, 0.3) is 0 Å². The topological polar surface area (TPSA) is 54.0 Å². The van der Waals surface area contributed by atoms with Crippen LogP contribution in [0.5, 0.6) is 0 Å². The van der Waals surface area contributed by atoms with Crippen LogP contribution >= 0.6 is 0 Å². The molecule has 2 rings (SSSR count). The van der Waals surface area contributed by atoms with Crippen LogP contribution in [0.4, 0.5) is 5.69 Å². The van der Waals surface area contributed by atoms with Gasteiger partial charge in [-0.25, -0.2) is 0 Å². The van der Waals surface area contributed by atoms with Gasteiger partial charge in [0.1, 0.15) is 5.69 Å². The number of pyridine rings is 1. The lowest BCUT2D eigenvalue weighted by molar-refractivity contribution is 0.0938. The summed E-state index contributed by atoms with van der Waals surface area (Å²) >= 11 is 0. The van der Waals surface area contributed by atoms with Gasteiger partial charge in [-0.3, -0.25) is 9.78 Å². The van der Waals surface area contributed by atoms with Crippen molar-refractivity contribution in [2.24, 2.45) is 0 Å². The Balaban J connectivity index is 2.02. The van der Waals surface area contributed by atoms with Gasteiger partial charge in [0, 0.05) is 24.0 Å². The summed E-state index contributed by atoms with van der Waals surface area (Å²) in [5.74, 6) is -0.111. The van der Waals surface area contributed by atoms with Crippen LogP contribution in [0.2, 0.25) is 0 Å². The van der Waals surface area contributed by atoms with Crippen molar-refractivity contribution in [3.8, 4) is 0 Å². The average Bonchev–Trinajstić information content (AvgIpc) is 2.81. The number of nitrogens with zero attached hydrogens (tertiary/aromatic N) is 1. The summed E-state index contributed by atoms with van der Waals surface area (Å²) in [6.45, 7) is 3.89. The van der Waals surface area contributed by atoms with E-state index in [4.69, 9.17) is 0 Å².